The zero-order valence-electron chi connectivity index (χ0n) is 9.40. The smallest absolute Gasteiger partial charge is 0.261 e. The number of sulfonamides is 1. The summed E-state index contributed by atoms with van der Waals surface area (Å²) in [5, 5.41) is 0.371. The molecule has 0 amide bonds. The zero-order chi connectivity index (χ0) is 14.0. The maximum Gasteiger partial charge on any atom is 0.261 e. The van der Waals surface area contributed by atoms with Crippen LogP contribution in [-0.2, 0) is 10.0 Å². The summed E-state index contributed by atoms with van der Waals surface area (Å²) in [6, 6.07) is 8.54. The van der Waals surface area contributed by atoms with Crippen molar-refractivity contribution in [2.45, 2.75) is 4.90 Å². The summed E-state index contributed by atoms with van der Waals surface area (Å²) in [5.74, 6) is -2.38. The molecule has 0 atom stereocenters. The van der Waals surface area contributed by atoms with Crippen LogP contribution in [0.4, 0.5) is 14.5 Å². The fraction of sp³-hybridized carbons (Fsp3) is 0. The molecule has 0 aromatic heterocycles. The van der Waals surface area contributed by atoms with Crippen LogP contribution < -0.4 is 4.72 Å². The quantitative estimate of drug-likeness (QED) is 0.944. The van der Waals surface area contributed by atoms with Crippen LogP contribution in [0.3, 0.4) is 0 Å². The Balaban J connectivity index is 2.36. The van der Waals surface area contributed by atoms with Crippen LogP contribution in [0.15, 0.2) is 47.4 Å². The summed E-state index contributed by atoms with van der Waals surface area (Å²) in [6.07, 6.45) is 0. The van der Waals surface area contributed by atoms with E-state index in [4.69, 9.17) is 11.6 Å². The molecular formula is C12H8ClF2NO2S. The summed E-state index contributed by atoms with van der Waals surface area (Å²) in [5.41, 5.74) is -0.449. The van der Waals surface area contributed by atoms with Crippen molar-refractivity contribution in [3.05, 3.63) is 59.1 Å². The Morgan fingerprint density at radius 1 is 1.00 bits per heavy atom. The molecule has 0 unspecified atom stereocenters. The van der Waals surface area contributed by atoms with Gasteiger partial charge in [0.2, 0.25) is 0 Å². The zero-order valence-corrected chi connectivity index (χ0v) is 11.0. The average Bonchev–Trinajstić information content (AvgIpc) is 2.35. The fourth-order valence-corrected chi connectivity index (χ4v) is 2.59. The molecular weight excluding hydrogens is 296 g/mol. The Bertz CT molecular complexity index is 702. The predicted molar refractivity (Wildman–Crippen MR) is 68.6 cm³/mol. The van der Waals surface area contributed by atoms with E-state index in [2.05, 4.69) is 0 Å². The van der Waals surface area contributed by atoms with E-state index in [0.29, 0.717) is 5.02 Å². The van der Waals surface area contributed by atoms with Crippen molar-refractivity contribution in [1.82, 2.24) is 0 Å². The molecule has 0 fully saturated rings. The minimum Gasteiger partial charge on any atom is -0.277 e. The fourth-order valence-electron chi connectivity index (χ4n) is 1.40. The van der Waals surface area contributed by atoms with E-state index in [1.54, 1.807) is 0 Å². The second-order valence-electron chi connectivity index (χ2n) is 3.66. The molecule has 2 aromatic carbocycles. The van der Waals surface area contributed by atoms with Crippen molar-refractivity contribution in [2.75, 3.05) is 4.72 Å². The molecule has 2 aromatic rings. The van der Waals surface area contributed by atoms with Gasteiger partial charge in [0.05, 0.1) is 10.6 Å². The van der Waals surface area contributed by atoms with E-state index in [0.717, 1.165) is 12.1 Å². The highest BCUT2D eigenvalue weighted by molar-refractivity contribution is 7.92. The first-order valence-electron chi connectivity index (χ1n) is 5.12. The van der Waals surface area contributed by atoms with Crippen LogP contribution in [0.25, 0.3) is 0 Å². The predicted octanol–water partition coefficient (Wildman–Crippen LogP) is 3.42. The van der Waals surface area contributed by atoms with Gasteiger partial charge in [-0.1, -0.05) is 17.7 Å². The maximum atomic E-state index is 13.4. The minimum atomic E-state index is -3.98. The summed E-state index contributed by atoms with van der Waals surface area (Å²) in [4.78, 5) is -0.0967. The van der Waals surface area contributed by atoms with Gasteiger partial charge < -0.3 is 0 Å². The number of nitrogens with one attached hydrogen (secondary N) is 1. The van der Waals surface area contributed by atoms with Gasteiger partial charge in [0.1, 0.15) is 0 Å². The Labute approximate surface area is 113 Å². The monoisotopic (exact) mass is 303 g/mol. The lowest BCUT2D eigenvalue weighted by Crippen LogP contribution is -2.14. The highest BCUT2D eigenvalue weighted by atomic mass is 35.5. The average molecular weight is 304 g/mol. The highest BCUT2D eigenvalue weighted by Gasteiger charge is 2.17. The Morgan fingerprint density at radius 2 is 1.63 bits per heavy atom. The lowest BCUT2D eigenvalue weighted by molar-refractivity contribution is 0.511. The Morgan fingerprint density at radius 3 is 2.26 bits per heavy atom. The van der Waals surface area contributed by atoms with Gasteiger partial charge >= 0.3 is 0 Å². The van der Waals surface area contributed by atoms with E-state index < -0.39 is 27.3 Å². The first kappa shape index (κ1) is 13.8. The molecule has 0 aliphatic rings. The normalized spacial score (nSPS) is 11.3. The molecule has 1 N–H and O–H groups in total. The Kier molecular flexibility index (Phi) is 3.73. The molecule has 3 nitrogen and oxygen atoms in total. The molecule has 0 radical (unpaired) electrons. The first-order valence-corrected chi connectivity index (χ1v) is 6.99. The highest BCUT2D eigenvalue weighted by Crippen LogP contribution is 2.21. The summed E-state index contributed by atoms with van der Waals surface area (Å²) < 4.78 is 52.2. The second-order valence-corrected chi connectivity index (χ2v) is 5.78. The number of anilines is 1. The van der Waals surface area contributed by atoms with Gasteiger partial charge in [0.25, 0.3) is 10.0 Å². The van der Waals surface area contributed by atoms with E-state index in [9.17, 15) is 17.2 Å². The molecule has 2 rings (SSSR count). The molecule has 19 heavy (non-hydrogen) atoms. The van der Waals surface area contributed by atoms with Crippen LogP contribution in [-0.4, -0.2) is 8.42 Å². The van der Waals surface area contributed by atoms with Gasteiger partial charge in [-0.15, -0.1) is 0 Å². The van der Waals surface area contributed by atoms with Gasteiger partial charge in [0, 0.05) is 5.02 Å². The molecule has 0 saturated heterocycles. The summed E-state index contributed by atoms with van der Waals surface area (Å²) in [7, 11) is -3.98. The Hall–Kier alpha value is -1.66. The number of hydrogen-bond acceptors (Lipinski definition) is 2. The molecule has 100 valence electrons. The number of rotatable bonds is 3. The third-order valence-corrected chi connectivity index (χ3v) is 3.95. The van der Waals surface area contributed by atoms with Crippen LogP contribution >= 0.6 is 11.6 Å². The number of halogens is 3. The lowest BCUT2D eigenvalue weighted by atomic mass is 10.3. The van der Waals surface area contributed by atoms with E-state index >= 15 is 0 Å². The third-order valence-electron chi connectivity index (χ3n) is 2.32. The largest absolute Gasteiger partial charge is 0.277 e. The SMILES string of the molecule is O=S(=O)(Nc1cccc(F)c1F)c1ccc(Cl)cc1. The van der Waals surface area contributed by atoms with Crippen molar-refractivity contribution >= 4 is 27.3 Å². The van der Waals surface area contributed by atoms with Crippen molar-refractivity contribution in [3.63, 3.8) is 0 Å². The number of benzene rings is 2. The van der Waals surface area contributed by atoms with Gasteiger partial charge in [0.15, 0.2) is 11.6 Å². The summed E-state index contributed by atoms with van der Waals surface area (Å²) in [6.45, 7) is 0. The standard InChI is InChI=1S/C12H8ClF2NO2S/c13-8-4-6-9(7-5-8)19(17,18)16-11-3-1-2-10(14)12(11)15/h1-7,16H. The molecule has 0 saturated carbocycles. The van der Waals surface area contributed by atoms with Crippen molar-refractivity contribution in [1.29, 1.82) is 0 Å². The topological polar surface area (TPSA) is 46.2 Å². The van der Waals surface area contributed by atoms with E-state index in [-0.39, 0.29) is 4.90 Å². The van der Waals surface area contributed by atoms with Gasteiger partial charge in [-0.2, -0.15) is 0 Å². The van der Waals surface area contributed by atoms with E-state index in [1.807, 2.05) is 4.72 Å². The molecule has 0 spiro atoms. The second kappa shape index (κ2) is 5.14. The molecule has 0 aliphatic heterocycles. The van der Waals surface area contributed by atoms with Crippen LogP contribution in [0.2, 0.25) is 5.02 Å². The van der Waals surface area contributed by atoms with Crippen LogP contribution in [0, 0.1) is 11.6 Å². The molecule has 0 bridgehead atoms. The lowest BCUT2D eigenvalue weighted by Gasteiger charge is -2.09. The minimum absolute atomic E-state index is 0.0967. The van der Waals surface area contributed by atoms with Crippen molar-refractivity contribution < 1.29 is 17.2 Å². The summed E-state index contributed by atoms with van der Waals surface area (Å²) >= 11 is 5.64. The van der Waals surface area contributed by atoms with Gasteiger partial charge in [-0.25, -0.2) is 17.2 Å². The van der Waals surface area contributed by atoms with Gasteiger partial charge in [-0.05, 0) is 36.4 Å². The first-order chi connectivity index (χ1) is 8.90. The van der Waals surface area contributed by atoms with Gasteiger partial charge in [-0.3, -0.25) is 4.72 Å². The van der Waals surface area contributed by atoms with Crippen LogP contribution in [0.1, 0.15) is 0 Å². The number of hydrogen-bond donors (Lipinski definition) is 1. The molecule has 7 heteroatoms. The van der Waals surface area contributed by atoms with E-state index in [1.165, 1.54) is 30.3 Å². The molecule has 0 aliphatic carbocycles. The molecule has 0 heterocycles. The van der Waals surface area contributed by atoms with Crippen molar-refractivity contribution in [2.24, 2.45) is 0 Å². The van der Waals surface area contributed by atoms with Crippen molar-refractivity contribution in [3.8, 4) is 0 Å². The maximum absolute atomic E-state index is 13.4. The van der Waals surface area contributed by atoms with Crippen LogP contribution in [0.5, 0.6) is 0 Å². The third kappa shape index (κ3) is 3.02.